The van der Waals surface area contributed by atoms with Gasteiger partial charge in [-0.15, -0.1) is 0 Å². The maximum atomic E-state index is 8.73. The summed E-state index contributed by atoms with van der Waals surface area (Å²) in [6.45, 7) is 0. The highest BCUT2D eigenvalue weighted by Crippen LogP contribution is 2.38. The van der Waals surface area contributed by atoms with Crippen LogP contribution in [0.2, 0.25) is 0 Å². The fourth-order valence-corrected chi connectivity index (χ4v) is 5.72. The second-order valence-electron chi connectivity index (χ2n) is 10.1. The first-order chi connectivity index (χ1) is 26.0. The second-order valence-corrected chi connectivity index (χ2v) is 10.1. The van der Waals surface area contributed by atoms with Gasteiger partial charge in [0.25, 0.3) is 0 Å². The molecule has 206 valence electrons. The van der Waals surface area contributed by atoms with E-state index in [1.807, 2.05) is 59.2 Å². The standard InChI is InChI=1S/C39H24N4O/c1-3-12-25(13-4-1)28-18-11-19-32-31-23-22-27(24-35(31)44-36(28)32)38-40-37(26-14-5-2-6-15-26)41-39(42-38)43-33-20-9-7-16-29(33)30-17-8-10-21-34(30)43/h1-24H/i1D,2D,3D,4D,5D,6D,12D,13D,14D,15D. The van der Waals surface area contributed by atoms with Gasteiger partial charge < -0.3 is 4.42 Å². The number of rotatable bonds is 4. The lowest BCUT2D eigenvalue weighted by molar-refractivity contribution is 0.670. The van der Waals surface area contributed by atoms with Gasteiger partial charge in [-0.3, -0.25) is 4.57 Å². The van der Waals surface area contributed by atoms with Crippen molar-refractivity contribution in [2.75, 3.05) is 0 Å². The third-order valence-corrected chi connectivity index (χ3v) is 7.65. The molecule has 0 radical (unpaired) electrons. The quantitative estimate of drug-likeness (QED) is 0.210. The molecule has 9 aromatic rings. The zero-order valence-corrected chi connectivity index (χ0v) is 22.8. The van der Waals surface area contributed by atoms with Crippen LogP contribution in [0.4, 0.5) is 0 Å². The maximum Gasteiger partial charge on any atom is 0.238 e. The van der Waals surface area contributed by atoms with Crippen molar-refractivity contribution in [3.05, 3.63) is 145 Å². The van der Waals surface area contributed by atoms with E-state index in [9.17, 15) is 0 Å². The van der Waals surface area contributed by atoms with Crippen LogP contribution in [-0.4, -0.2) is 19.5 Å². The van der Waals surface area contributed by atoms with Gasteiger partial charge in [-0.2, -0.15) is 9.97 Å². The zero-order chi connectivity index (χ0) is 37.7. The lowest BCUT2D eigenvalue weighted by Gasteiger charge is -2.10. The summed E-state index contributed by atoms with van der Waals surface area (Å²) in [5, 5.41) is 3.23. The number of para-hydroxylation sites is 3. The molecule has 0 aliphatic heterocycles. The number of furan rings is 1. The van der Waals surface area contributed by atoms with E-state index in [0.717, 1.165) is 21.8 Å². The van der Waals surface area contributed by atoms with E-state index in [0.29, 0.717) is 33.1 Å². The van der Waals surface area contributed by atoms with Crippen LogP contribution in [0.15, 0.2) is 150 Å². The van der Waals surface area contributed by atoms with Gasteiger partial charge in [0.2, 0.25) is 5.95 Å². The SMILES string of the molecule is [2H]c1c([2H])c([2H])c(-c2nc(-c3ccc4c(c3)oc3c(-c5c([2H])c([2H])c([2H])c([2H])c5[2H])cccc34)nc(-n3c4ccccc4c4ccccc43)n2)c([2H])c1[2H]. The first-order valence-corrected chi connectivity index (χ1v) is 13.8. The predicted octanol–water partition coefficient (Wildman–Crippen LogP) is 9.87. The van der Waals surface area contributed by atoms with Crippen molar-refractivity contribution in [3.63, 3.8) is 0 Å². The molecule has 0 bridgehead atoms. The van der Waals surface area contributed by atoms with Gasteiger partial charge in [-0.1, -0.05) is 121 Å². The molecular formula is C39H24N4O. The molecule has 0 N–H and O–H groups in total. The molecule has 3 heterocycles. The van der Waals surface area contributed by atoms with Gasteiger partial charge in [0, 0.05) is 38.2 Å². The van der Waals surface area contributed by atoms with Crippen molar-refractivity contribution in [2.24, 2.45) is 0 Å². The molecule has 0 aliphatic rings. The molecule has 3 aromatic heterocycles. The third-order valence-electron chi connectivity index (χ3n) is 7.65. The number of benzene rings is 6. The minimum absolute atomic E-state index is 0.0161. The Balaban J connectivity index is 1.31. The van der Waals surface area contributed by atoms with Crippen molar-refractivity contribution in [1.29, 1.82) is 0 Å². The van der Waals surface area contributed by atoms with Crippen LogP contribution in [-0.2, 0) is 0 Å². The number of hydrogen-bond donors (Lipinski definition) is 0. The van der Waals surface area contributed by atoms with Crippen LogP contribution in [0, 0.1) is 0 Å². The highest BCUT2D eigenvalue weighted by Gasteiger charge is 2.19. The number of aromatic nitrogens is 4. The molecule has 0 saturated heterocycles. The van der Waals surface area contributed by atoms with Crippen molar-refractivity contribution < 1.29 is 18.1 Å². The summed E-state index contributed by atoms with van der Waals surface area (Å²) in [4.78, 5) is 14.4. The monoisotopic (exact) mass is 574 g/mol. The van der Waals surface area contributed by atoms with Gasteiger partial charge in [-0.25, -0.2) is 4.98 Å². The molecule has 44 heavy (non-hydrogen) atoms. The topological polar surface area (TPSA) is 56.7 Å². The summed E-state index contributed by atoms with van der Waals surface area (Å²) in [5.74, 6) is 0.172. The van der Waals surface area contributed by atoms with E-state index < -0.39 is 48.3 Å². The minimum Gasteiger partial charge on any atom is -0.455 e. The Kier molecular flexibility index (Phi) is 3.66. The summed E-state index contributed by atoms with van der Waals surface area (Å²) < 4.78 is 92.1. The normalized spacial score (nSPS) is 14.8. The number of fused-ring (bicyclic) bond motifs is 6. The first-order valence-electron chi connectivity index (χ1n) is 18.8. The van der Waals surface area contributed by atoms with Gasteiger partial charge in [0.1, 0.15) is 11.2 Å². The lowest BCUT2D eigenvalue weighted by Crippen LogP contribution is -2.06. The van der Waals surface area contributed by atoms with Crippen LogP contribution >= 0.6 is 0 Å². The summed E-state index contributed by atoms with van der Waals surface area (Å²) in [5.41, 5.74) is 2.92. The van der Waals surface area contributed by atoms with Crippen LogP contribution in [0.5, 0.6) is 0 Å². The van der Waals surface area contributed by atoms with Crippen LogP contribution in [0.25, 0.3) is 83.6 Å². The molecule has 0 aliphatic carbocycles. The molecule has 0 saturated carbocycles. The summed E-state index contributed by atoms with van der Waals surface area (Å²) in [6, 6.07) is 21.4. The third kappa shape index (κ3) is 3.83. The molecule has 9 rings (SSSR count). The molecule has 0 atom stereocenters. The average Bonchev–Trinajstić information content (AvgIpc) is 3.74. The molecule has 0 spiro atoms. The fourth-order valence-electron chi connectivity index (χ4n) is 5.72. The van der Waals surface area contributed by atoms with E-state index in [1.54, 1.807) is 30.3 Å². The molecule has 5 nitrogen and oxygen atoms in total. The fraction of sp³-hybridized carbons (Fsp3) is 0. The second kappa shape index (κ2) is 9.75. The van der Waals surface area contributed by atoms with Gasteiger partial charge in [0.05, 0.1) is 24.7 Å². The van der Waals surface area contributed by atoms with Crippen LogP contribution in [0.3, 0.4) is 0 Å². The summed E-state index contributed by atoms with van der Waals surface area (Å²) in [7, 11) is 0. The lowest BCUT2D eigenvalue weighted by atomic mass is 10.0. The van der Waals surface area contributed by atoms with Crippen molar-refractivity contribution in [2.45, 2.75) is 0 Å². The highest BCUT2D eigenvalue weighted by atomic mass is 16.3. The van der Waals surface area contributed by atoms with Gasteiger partial charge in [-0.05, 0) is 29.8 Å². The molecule has 0 fully saturated rings. The maximum absolute atomic E-state index is 8.73. The van der Waals surface area contributed by atoms with Gasteiger partial charge in [0.15, 0.2) is 11.6 Å². The molecule has 0 amide bonds. The van der Waals surface area contributed by atoms with Crippen molar-refractivity contribution in [3.8, 4) is 39.9 Å². The zero-order valence-electron chi connectivity index (χ0n) is 32.8. The summed E-state index contributed by atoms with van der Waals surface area (Å²) in [6.07, 6.45) is 0. The van der Waals surface area contributed by atoms with E-state index in [1.165, 1.54) is 0 Å². The predicted molar refractivity (Wildman–Crippen MR) is 178 cm³/mol. The summed E-state index contributed by atoms with van der Waals surface area (Å²) >= 11 is 0. The Hall–Kier alpha value is -6.07. The first kappa shape index (κ1) is 16.5. The largest absolute Gasteiger partial charge is 0.455 e. The Morgan fingerprint density at radius 1 is 0.523 bits per heavy atom. The molecular weight excluding hydrogens is 540 g/mol. The van der Waals surface area contributed by atoms with E-state index in [4.69, 9.17) is 33.1 Å². The van der Waals surface area contributed by atoms with Gasteiger partial charge >= 0.3 is 0 Å². The minimum atomic E-state index is -0.538. The molecule has 5 heteroatoms. The average molecular weight is 575 g/mol. The van der Waals surface area contributed by atoms with E-state index >= 15 is 0 Å². The molecule has 0 unspecified atom stereocenters. The molecule has 6 aromatic carbocycles. The Morgan fingerprint density at radius 2 is 1.14 bits per heavy atom. The Labute approximate surface area is 266 Å². The van der Waals surface area contributed by atoms with Crippen LogP contribution in [0.1, 0.15) is 13.7 Å². The van der Waals surface area contributed by atoms with E-state index in [2.05, 4.69) is 0 Å². The van der Waals surface area contributed by atoms with Crippen LogP contribution < -0.4 is 0 Å². The number of hydrogen-bond acceptors (Lipinski definition) is 4. The highest BCUT2D eigenvalue weighted by molar-refractivity contribution is 6.10. The smallest absolute Gasteiger partial charge is 0.238 e. The Bertz CT molecular complexity index is 2970. The Morgan fingerprint density at radius 3 is 1.84 bits per heavy atom. The number of nitrogens with zero attached hydrogens (tertiary/aromatic N) is 4. The van der Waals surface area contributed by atoms with Crippen molar-refractivity contribution >= 4 is 43.7 Å². The van der Waals surface area contributed by atoms with E-state index in [-0.39, 0.29) is 40.8 Å². The van der Waals surface area contributed by atoms with Crippen molar-refractivity contribution in [1.82, 2.24) is 19.5 Å².